The number of hydrogen-bond donors (Lipinski definition) is 0. The Kier molecular flexibility index (Phi) is 3.24. The van der Waals surface area contributed by atoms with E-state index >= 15 is 0 Å². The highest BCUT2D eigenvalue weighted by molar-refractivity contribution is 8.01. The van der Waals surface area contributed by atoms with Crippen molar-refractivity contribution in [1.29, 1.82) is 0 Å². The molecule has 1 aliphatic rings. The van der Waals surface area contributed by atoms with Gasteiger partial charge >= 0.3 is 5.97 Å². The Bertz CT molecular complexity index is 379. The summed E-state index contributed by atoms with van der Waals surface area (Å²) in [5, 5.41) is 0. The van der Waals surface area contributed by atoms with Gasteiger partial charge in [-0.25, -0.2) is 0 Å². The van der Waals surface area contributed by atoms with Crippen molar-refractivity contribution in [2.45, 2.75) is 35.8 Å². The second-order valence-electron chi connectivity index (χ2n) is 4.25. The number of methoxy groups -OCH3 is 1. The van der Waals surface area contributed by atoms with Crippen molar-refractivity contribution in [2.24, 2.45) is 0 Å². The molecule has 0 bridgehead atoms. The smallest absolute Gasteiger partial charge is 0.322 e. The molecule has 16 heavy (non-hydrogen) atoms. The fourth-order valence-corrected chi connectivity index (χ4v) is 3.25. The number of hydrogen-bond acceptors (Lipinski definition) is 3. The van der Waals surface area contributed by atoms with E-state index in [0.717, 1.165) is 24.2 Å². The van der Waals surface area contributed by atoms with Gasteiger partial charge in [0.15, 0.2) is 0 Å². The molecule has 1 aromatic carbocycles. The van der Waals surface area contributed by atoms with Gasteiger partial charge in [0.1, 0.15) is 4.75 Å². The second-order valence-corrected chi connectivity index (χ2v) is 5.71. The Morgan fingerprint density at radius 1 is 1.31 bits per heavy atom. The van der Waals surface area contributed by atoms with Gasteiger partial charge in [-0.2, -0.15) is 0 Å². The molecule has 0 aliphatic heterocycles. The van der Waals surface area contributed by atoms with Crippen molar-refractivity contribution in [1.82, 2.24) is 0 Å². The highest BCUT2D eigenvalue weighted by Crippen LogP contribution is 2.48. The van der Waals surface area contributed by atoms with E-state index in [4.69, 9.17) is 4.74 Å². The standard InChI is InChI=1S/C13H16O2S/c1-10-4-6-11(7-5-10)16-13(8-3-9-13)12(14)15-2/h4-7H,3,8-9H2,1-2H3. The zero-order valence-electron chi connectivity index (χ0n) is 9.66. The monoisotopic (exact) mass is 236 g/mol. The molecule has 2 rings (SSSR count). The molecule has 0 amide bonds. The molecule has 0 saturated heterocycles. The first kappa shape index (κ1) is 11.5. The topological polar surface area (TPSA) is 26.3 Å². The fourth-order valence-electron chi connectivity index (χ4n) is 1.86. The predicted octanol–water partition coefficient (Wildman–Crippen LogP) is 3.18. The van der Waals surface area contributed by atoms with Crippen LogP contribution in [0.3, 0.4) is 0 Å². The molecule has 0 radical (unpaired) electrons. The molecule has 0 spiro atoms. The van der Waals surface area contributed by atoms with Crippen LogP contribution in [0.25, 0.3) is 0 Å². The molecule has 0 heterocycles. The third-order valence-corrected chi connectivity index (χ3v) is 4.53. The van der Waals surface area contributed by atoms with Crippen molar-refractivity contribution in [2.75, 3.05) is 7.11 Å². The van der Waals surface area contributed by atoms with E-state index in [0.29, 0.717) is 0 Å². The lowest BCUT2D eigenvalue weighted by atomic mass is 9.84. The predicted molar refractivity (Wildman–Crippen MR) is 65.6 cm³/mol. The zero-order chi connectivity index (χ0) is 11.6. The number of aryl methyl sites for hydroxylation is 1. The van der Waals surface area contributed by atoms with Crippen molar-refractivity contribution in [3.63, 3.8) is 0 Å². The van der Waals surface area contributed by atoms with Crippen LogP contribution < -0.4 is 0 Å². The van der Waals surface area contributed by atoms with Crippen LogP contribution in [0, 0.1) is 6.92 Å². The normalized spacial score (nSPS) is 17.6. The van der Waals surface area contributed by atoms with Gasteiger partial charge in [0.2, 0.25) is 0 Å². The van der Waals surface area contributed by atoms with Crippen molar-refractivity contribution < 1.29 is 9.53 Å². The first-order valence-corrected chi connectivity index (χ1v) is 6.32. The van der Waals surface area contributed by atoms with Crippen LogP contribution in [-0.2, 0) is 9.53 Å². The van der Waals surface area contributed by atoms with Crippen molar-refractivity contribution in [3.05, 3.63) is 29.8 Å². The SMILES string of the molecule is COC(=O)C1(Sc2ccc(C)cc2)CCC1. The van der Waals surface area contributed by atoms with E-state index in [2.05, 4.69) is 31.2 Å². The summed E-state index contributed by atoms with van der Waals surface area (Å²) in [6.45, 7) is 2.06. The Balaban J connectivity index is 2.13. The number of thioether (sulfide) groups is 1. The van der Waals surface area contributed by atoms with Crippen LogP contribution in [0.15, 0.2) is 29.2 Å². The van der Waals surface area contributed by atoms with Crippen molar-refractivity contribution >= 4 is 17.7 Å². The van der Waals surface area contributed by atoms with E-state index in [1.165, 1.54) is 12.7 Å². The molecule has 0 aromatic heterocycles. The Labute approximate surface area is 100 Å². The minimum atomic E-state index is -0.315. The minimum Gasteiger partial charge on any atom is -0.468 e. The van der Waals surface area contributed by atoms with Crippen LogP contribution in [0.4, 0.5) is 0 Å². The van der Waals surface area contributed by atoms with Gasteiger partial charge in [0, 0.05) is 4.90 Å². The summed E-state index contributed by atoms with van der Waals surface area (Å²) in [6.07, 6.45) is 2.98. The Morgan fingerprint density at radius 3 is 2.38 bits per heavy atom. The van der Waals surface area contributed by atoms with E-state index in [-0.39, 0.29) is 10.7 Å². The number of carbonyl (C=O) groups is 1. The number of ether oxygens (including phenoxy) is 1. The quantitative estimate of drug-likeness (QED) is 0.754. The first-order chi connectivity index (χ1) is 7.66. The van der Waals surface area contributed by atoms with Gasteiger partial charge in [0.05, 0.1) is 7.11 Å². The maximum atomic E-state index is 11.7. The maximum Gasteiger partial charge on any atom is 0.322 e. The maximum absolute atomic E-state index is 11.7. The molecule has 1 fully saturated rings. The third-order valence-electron chi connectivity index (χ3n) is 3.05. The molecule has 1 aliphatic carbocycles. The molecular weight excluding hydrogens is 220 g/mol. The van der Waals surface area contributed by atoms with Crippen LogP contribution in [0.5, 0.6) is 0 Å². The van der Waals surface area contributed by atoms with Crippen LogP contribution in [-0.4, -0.2) is 17.8 Å². The van der Waals surface area contributed by atoms with Crippen LogP contribution in [0.2, 0.25) is 0 Å². The second kappa shape index (κ2) is 4.50. The average molecular weight is 236 g/mol. The van der Waals surface area contributed by atoms with E-state index < -0.39 is 0 Å². The van der Waals surface area contributed by atoms with Gasteiger partial charge < -0.3 is 4.74 Å². The van der Waals surface area contributed by atoms with Gasteiger partial charge in [-0.05, 0) is 38.3 Å². The van der Waals surface area contributed by atoms with Crippen LogP contribution >= 0.6 is 11.8 Å². The average Bonchev–Trinajstić information content (AvgIpc) is 2.25. The first-order valence-electron chi connectivity index (χ1n) is 5.50. The molecule has 3 heteroatoms. The highest BCUT2D eigenvalue weighted by atomic mass is 32.2. The molecule has 2 nitrogen and oxygen atoms in total. The number of carbonyl (C=O) groups excluding carboxylic acids is 1. The van der Waals surface area contributed by atoms with E-state index in [1.807, 2.05) is 0 Å². The lowest BCUT2D eigenvalue weighted by Crippen LogP contribution is -2.42. The lowest BCUT2D eigenvalue weighted by molar-refractivity contribution is -0.145. The molecule has 1 aromatic rings. The van der Waals surface area contributed by atoms with Gasteiger partial charge in [-0.3, -0.25) is 4.79 Å². The molecule has 0 N–H and O–H groups in total. The van der Waals surface area contributed by atoms with E-state index in [1.54, 1.807) is 11.8 Å². The Morgan fingerprint density at radius 2 is 1.94 bits per heavy atom. The number of esters is 1. The largest absolute Gasteiger partial charge is 0.468 e. The molecule has 0 atom stereocenters. The van der Waals surface area contributed by atoms with E-state index in [9.17, 15) is 4.79 Å². The van der Waals surface area contributed by atoms with Gasteiger partial charge in [0.25, 0.3) is 0 Å². The number of benzene rings is 1. The van der Waals surface area contributed by atoms with Crippen LogP contribution in [0.1, 0.15) is 24.8 Å². The highest BCUT2D eigenvalue weighted by Gasteiger charge is 2.46. The van der Waals surface area contributed by atoms with Gasteiger partial charge in [-0.1, -0.05) is 17.7 Å². The third kappa shape index (κ3) is 2.09. The summed E-state index contributed by atoms with van der Waals surface area (Å²) in [5.41, 5.74) is 1.24. The van der Waals surface area contributed by atoms with Crippen molar-refractivity contribution in [3.8, 4) is 0 Å². The molecular formula is C13H16O2S. The summed E-state index contributed by atoms with van der Waals surface area (Å²) >= 11 is 1.64. The summed E-state index contributed by atoms with van der Waals surface area (Å²) in [7, 11) is 1.47. The Hall–Kier alpha value is -0.960. The van der Waals surface area contributed by atoms with Gasteiger partial charge in [-0.15, -0.1) is 11.8 Å². The summed E-state index contributed by atoms with van der Waals surface area (Å²) in [4.78, 5) is 12.9. The number of rotatable bonds is 3. The zero-order valence-corrected chi connectivity index (χ0v) is 10.5. The molecule has 1 saturated carbocycles. The molecule has 86 valence electrons. The fraction of sp³-hybridized carbons (Fsp3) is 0.462. The summed E-state index contributed by atoms with van der Waals surface area (Å²) < 4.78 is 4.58. The minimum absolute atomic E-state index is 0.0793. The summed E-state index contributed by atoms with van der Waals surface area (Å²) in [5.74, 6) is -0.0793. The summed E-state index contributed by atoms with van der Waals surface area (Å²) in [6, 6.07) is 8.30. The molecule has 0 unspecified atom stereocenters. The lowest BCUT2D eigenvalue weighted by Gasteiger charge is -2.38.